The smallest absolute Gasteiger partial charge is 0.338 e. The lowest BCUT2D eigenvalue weighted by molar-refractivity contribution is 0.0695. The number of carboxylic acid groups (broad SMARTS) is 1. The number of fused-ring (bicyclic) bond motifs is 4. The minimum absolute atomic E-state index is 0.0762. The maximum Gasteiger partial charge on any atom is 0.338 e. The molecule has 4 aliphatic carbocycles. The lowest BCUT2D eigenvalue weighted by Gasteiger charge is -2.31. The first-order chi connectivity index (χ1) is 66.2. The highest BCUT2D eigenvalue weighted by Crippen LogP contribution is 2.40. The van der Waals surface area contributed by atoms with Crippen molar-refractivity contribution in [2.24, 2.45) is 5.73 Å². The summed E-state index contributed by atoms with van der Waals surface area (Å²) in [4.78, 5) is 114. The van der Waals surface area contributed by atoms with Crippen LogP contribution < -0.4 is 70.9 Å². The number of nitrogens with two attached hydrogens (primary N) is 1. The number of ether oxygens (including phenoxy) is 8. The van der Waals surface area contributed by atoms with Gasteiger partial charge in [-0.05, 0) is 156 Å². The van der Waals surface area contributed by atoms with Crippen molar-refractivity contribution in [1.82, 2.24) is 85.1 Å². The first-order valence-corrected chi connectivity index (χ1v) is 47.7. The molecule has 135 heavy (non-hydrogen) atoms. The van der Waals surface area contributed by atoms with Crippen LogP contribution in [-0.4, -0.2) is 263 Å². The largest absolute Gasteiger partial charge is 0.488 e. The number of morpholine rings is 4. The van der Waals surface area contributed by atoms with Crippen LogP contribution in [0.5, 0.6) is 23.0 Å². The third kappa shape index (κ3) is 25.5. The molecule has 20 rings (SSSR count). The summed E-state index contributed by atoms with van der Waals surface area (Å²) < 4.78 is 49.0. The quantitative estimate of drug-likeness (QED) is 0.0265. The molecule has 4 saturated carbocycles. The zero-order valence-electron chi connectivity index (χ0n) is 76.0. The van der Waals surface area contributed by atoms with E-state index in [1.54, 1.807) is 56.6 Å². The van der Waals surface area contributed by atoms with Crippen molar-refractivity contribution in [2.45, 2.75) is 178 Å². The Labute approximate surface area is 790 Å². The highest BCUT2D eigenvalue weighted by molar-refractivity contribution is 9.10. The van der Waals surface area contributed by atoms with Crippen LogP contribution in [0, 0.1) is 0 Å². The molecule has 0 bridgehead atoms. The Bertz CT molecular complexity index is 5720. The molecule has 4 saturated heterocycles. The van der Waals surface area contributed by atoms with Gasteiger partial charge in [0.1, 0.15) is 45.1 Å². The number of carbonyl (C=O) groups excluding carboxylic acids is 2. The molecule has 0 atom stereocenters. The molecule has 708 valence electrons. The molecule has 0 radical (unpaired) electrons. The molecule has 8 aliphatic rings. The summed E-state index contributed by atoms with van der Waals surface area (Å²) in [6.07, 6.45) is 42.9. The predicted molar refractivity (Wildman–Crippen MR) is 515 cm³/mol. The van der Waals surface area contributed by atoms with E-state index in [2.05, 4.69) is 187 Å². The molecule has 2 amide bonds. The number of carbonyl (C=O) groups is 3. The van der Waals surface area contributed by atoms with Gasteiger partial charge in [-0.25, -0.2) is 64.6 Å². The number of benzene rings is 4. The average molecular weight is 1910 g/mol. The Hall–Kier alpha value is -13.1. The molecule has 38 nitrogen and oxygen atoms in total. The molecule has 0 unspecified atom stereocenters. The SMILES string of the molecule is CCCCc1cnc2cc(N3CCOCC3)cc(OC3CCC(Nc4ncc(Br)cn4)CC3)c2n1.CNC(=O)c1cnc(NC2CCC(Oc3cc(N4CCOCC4)cc4nccnc34)CC2)nc1.NC(=O)c1cnc(NC2CCC(Oc3cc(N4CCOCC4)cc4nccnc34)CC2)nc1.O=C(O)c1cnc(NC2CCC(Oc3cc(N4CCOCC4)cc4nccnc34)CC2)nc1. The van der Waals surface area contributed by atoms with Crippen LogP contribution in [-0.2, 0) is 25.4 Å². The van der Waals surface area contributed by atoms with Crippen molar-refractivity contribution < 1.29 is 57.4 Å². The first kappa shape index (κ1) is 93.7. The van der Waals surface area contributed by atoms with Crippen LogP contribution >= 0.6 is 15.9 Å². The van der Waals surface area contributed by atoms with E-state index in [0.29, 0.717) is 54.2 Å². The summed E-state index contributed by atoms with van der Waals surface area (Å²) in [6.45, 7) is 14.9. The monoisotopic (exact) mass is 1900 g/mol. The van der Waals surface area contributed by atoms with E-state index in [9.17, 15) is 14.4 Å². The van der Waals surface area contributed by atoms with Crippen LogP contribution in [0.4, 0.5) is 46.5 Å². The Balaban J connectivity index is 0.000000125. The fraction of sp³-hybridized carbons (Fsp3) is 0.469. The Morgan fingerprint density at radius 3 is 0.970 bits per heavy atom. The van der Waals surface area contributed by atoms with Gasteiger partial charge in [0.2, 0.25) is 23.8 Å². The maximum absolute atomic E-state index is 11.7. The van der Waals surface area contributed by atoms with Gasteiger partial charge in [0.25, 0.3) is 11.8 Å². The van der Waals surface area contributed by atoms with Gasteiger partial charge in [0.05, 0.1) is 126 Å². The van der Waals surface area contributed by atoms with Crippen LogP contribution in [0.2, 0.25) is 0 Å². The van der Waals surface area contributed by atoms with E-state index < -0.39 is 11.9 Å². The second kappa shape index (κ2) is 46.2. The van der Waals surface area contributed by atoms with Crippen LogP contribution in [0.1, 0.15) is 159 Å². The molecule has 8 aromatic heterocycles. The number of hydrogen-bond acceptors (Lipinski definition) is 35. The number of aromatic carboxylic acids is 1. The zero-order valence-corrected chi connectivity index (χ0v) is 77.6. The molecule has 8 N–H and O–H groups in total. The maximum atomic E-state index is 11.7. The van der Waals surface area contributed by atoms with E-state index in [1.807, 2.05) is 6.20 Å². The Morgan fingerprint density at radius 1 is 0.378 bits per heavy atom. The summed E-state index contributed by atoms with van der Waals surface area (Å²) in [5, 5.41) is 25.0. The fourth-order valence-electron chi connectivity index (χ4n) is 17.9. The second-order valence-corrected chi connectivity index (χ2v) is 35.5. The number of aromatic nitrogens is 16. The van der Waals surface area contributed by atoms with Gasteiger partial charge < -0.3 is 94.9 Å². The number of carboxylic acids is 1. The summed E-state index contributed by atoms with van der Waals surface area (Å²) >= 11 is 3.39. The van der Waals surface area contributed by atoms with E-state index in [0.717, 1.165) is 314 Å². The highest BCUT2D eigenvalue weighted by atomic mass is 79.9. The van der Waals surface area contributed by atoms with Gasteiger partial charge in [-0.1, -0.05) is 13.3 Å². The Kier molecular flexibility index (Phi) is 32.1. The van der Waals surface area contributed by atoms with Crippen LogP contribution in [0.15, 0.2) is 146 Å². The van der Waals surface area contributed by atoms with Crippen molar-refractivity contribution in [3.05, 3.63) is 168 Å². The molecule has 4 aromatic carbocycles. The molecular formula is C96H115BrN26O12. The van der Waals surface area contributed by atoms with Gasteiger partial charge >= 0.3 is 5.97 Å². The van der Waals surface area contributed by atoms with Crippen molar-refractivity contribution in [3.63, 3.8) is 0 Å². The summed E-state index contributed by atoms with van der Waals surface area (Å²) in [7, 11) is 1.59. The second-order valence-electron chi connectivity index (χ2n) is 34.6. The van der Waals surface area contributed by atoms with Crippen LogP contribution in [0.25, 0.3) is 44.1 Å². The number of unbranched alkanes of at least 4 members (excludes halogenated alkanes) is 1. The summed E-state index contributed by atoms with van der Waals surface area (Å²) in [5.41, 5.74) is 18.1. The minimum atomic E-state index is -1.03. The molecule has 39 heteroatoms. The normalized spacial score (nSPS) is 20.9. The number of nitrogens with one attached hydrogen (secondary N) is 5. The van der Waals surface area contributed by atoms with Crippen molar-refractivity contribution in [3.8, 4) is 23.0 Å². The topological polar surface area (TPSA) is 451 Å². The summed E-state index contributed by atoms with van der Waals surface area (Å²) in [5.74, 6) is 3.59. The number of aryl methyl sites for hydroxylation is 1. The van der Waals surface area contributed by atoms with E-state index in [1.165, 1.54) is 37.2 Å². The number of halogens is 1. The van der Waals surface area contributed by atoms with Gasteiger partial charge in [0.15, 0.2) is 0 Å². The summed E-state index contributed by atoms with van der Waals surface area (Å²) in [6, 6.07) is 17.9. The van der Waals surface area contributed by atoms with E-state index in [4.69, 9.17) is 58.7 Å². The van der Waals surface area contributed by atoms with E-state index >= 15 is 0 Å². The molecular weight excluding hydrogens is 1790 g/mol. The van der Waals surface area contributed by atoms with Gasteiger partial charge in [-0.2, -0.15) is 0 Å². The highest BCUT2D eigenvalue weighted by Gasteiger charge is 2.32. The van der Waals surface area contributed by atoms with Crippen molar-refractivity contribution in [2.75, 3.05) is 153 Å². The Morgan fingerprint density at radius 2 is 0.667 bits per heavy atom. The van der Waals surface area contributed by atoms with Crippen molar-refractivity contribution in [1.29, 1.82) is 0 Å². The zero-order chi connectivity index (χ0) is 92.6. The lowest BCUT2D eigenvalue weighted by atomic mass is 9.93. The third-order valence-electron chi connectivity index (χ3n) is 25.3. The van der Waals surface area contributed by atoms with Gasteiger partial charge in [-0.3, -0.25) is 29.5 Å². The van der Waals surface area contributed by atoms with E-state index in [-0.39, 0.29) is 54.0 Å². The lowest BCUT2D eigenvalue weighted by Crippen LogP contribution is -2.36. The predicted octanol–water partition coefficient (Wildman–Crippen LogP) is 12.5. The van der Waals surface area contributed by atoms with Gasteiger partial charge in [-0.15, -0.1) is 0 Å². The number of rotatable bonds is 26. The number of amides is 2. The average Bonchev–Trinajstić information content (AvgIpc) is 0.802. The molecule has 8 fully saturated rings. The molecule has 0 spiro atoms. The van der Waals surface area contributed by atoms with Crippen molar-refractivity contribution >= 4 is 124 Å². The number of nitrogens with zero attached hydrogens (tertiary/aromatic N) is 20. The van der Waals surface area contributed by atoms with Crippen LogP contribution in [0.3, 0.4) is 0 Å². The molecule has 12 aromatic rings. The number of anilines is 8. The number of primary amides is 1. The molecule has 12 heterocycles. The first-order valence-electron chi connectivity index (χ1n) is 46.9. The standard InChI is InChI=1S/C26H33BrN6O2.C24H29N7O3.C23H27N7O3.C23H26N6O4/c1-2-3-4-20-17-28-23-13-21(33-9-11-34-12-10-33)14-24(25(23)31-20)35-22-7-5-19(6-8-22)32-26-29-15-18(27)16-30-26;1-25-23(32)16-14-28-24(29-15-16)30-17-2-4-19(5-3-17)34-21-13-18(31-8-10-33-11-9-31)12-20-22(21)27-7-6-26-20;24-22(31)15-13-27-23(28-14-15)29-16-1-3-18(4-2-16)33-20-12-17(30-7-9-32-10-8-30)11-19-21(20)26-6-5-25-19;30-22(31)15-13-26-23(27-14-15)28-16-1-3-18(4-2-16)33-20-12-17(29-7-9-32-10-8-29)11-19-21(20)25-6-5-24-19/h13-17,19,22H,2-12H2,1H3,(H,29,30,32);6-7,12-15,17,19H,2-5,8-11H2,1H3,(H,25,32)(H,28,29,30);5-6,11-14,16,18H,1-4,7-10H2,(H2,24,31)(H,27,28,29);5-6,11-14,16,18H,1-4,7-10H2,(H,30,31)(H,26,27,28). The van der Waals surface area contributed by atoms with Gasteiger partial charge in [0, 0.05) is 224 Å². The number of hydrogen-bond donors (Lipinski definition) is 7. The minimum Gasteiger partial charge on any atom is -0.488 e. The molecule has 4 aliphatic heterocycles. The fourth-order valence-corrected chi connectivity index (χ4v) is 18.1. The third-order valence-corrected chi connectivity index (χ3v) is 25.7.